The number of rotatable bonds is 3. The van der Waals surface area contributed by atoms with E-state index in [4.69, 9.17) is 5.11 Å². The zero-order valence-electron chi connectivity index (χ0n) is 8.58. The lowest BCUT2D eigenvalue weighted by Gasteiger charge is -2.29. The molecule has 1 aromatic heterocycles. The van der Waals surface area contributed by atoms with Crippen molar-refractivity contribution in [2.24, 2.45) is 5.41 Å². The number of aliphatic hydroxyl groups excluding tert-OH is 1. The Bertz CT molecular complexity index is 233. The minimum atomic E-state index is 0.244. The van der Waals surface area contributed by atoms with E-state index in [0.29, 0.717) is 5.92 Å². The molecule has 2 heteroatoms. The molecule has 0 aliphatic rings. The Balaban J connectivity index is 2.81. The second-order valence-corrected chi connectivity index (χ2v) is 5.43. The quantitative estimate of drug-likeness (QED) is 0.790. The van der Waals surface area contributed by atoms with Gasteiger partial charge in [0, 0.05) is 17.4 Å². The topological polar surface area (TPSA) is 20.2 Å². The molecule has 1 atom stereocenters. The Hall–Kier alpha value is -0.340. The molecular formula is C11H18OS. The highest BCUT2D eigenvalue weighted by atomic mass is 32.1. The molecule has 1 rings (SSSR count). The summed E-state index contributed by atoms with van der Waals surface area (Å²) in [7, 11) is 0. The van der Waals surface area contributed by atoms with Crippen LogP contribution in [0.1, 0.15) is 38.0 Å². The van der Waals surface area contributed by atoms with Gasteiger partial charge in [0.05, 0.1) is 0 Å². The first kappa shape index (κ1) is 10.7. The maximum absolute atomic E-state index is 9.00. The van der Waals surface area contributed by atoms with E-state index in [1.165, 1.54) is 4.88 Å². The molecule has 1 heterocycles. The second kappa shape index (κ2) is 4.25. The lowest BCUT2D eigenvalue weighted by Crippen LogP contribution is -2.18. The molecule has 1 N–H and O–H groups in total. The molecule has 0 saturated carbocycles. The van der Waals surface area contributed by atoms with Crippen LogP contribution in [0.15, 0.2) is 17.5 Å². The molecule has 0 radical (unpaired) electrons. The summed E-state index contributed by atoms with van der Waals surface area (Å²) in [4.78, 5) is 1.39. The minimum Gasteiger partial charge on any atom is -0.396 e. The van der Waals surface area contributed by atoms with Crippen LogP contribution in [0.3, 0.4) is 0 Å². The molecule has 0 saturated heterocycles. The first-order valence-corrected chi connectivity index (χ1v) is 5.58. The maximum Gasteiger partial charge on any atom is 0.0437 e. The standard InChI is InChI=1S/C11H18OS/c1-11(2,3)9(6-7-12)10-5-4-8-13-10/h4-5,8-9,12H,6-7H2,1-3H3. The van der Waals surface area contributed by atoms with Crippen molar-refractivity contribution in [2.75, 3.05) is 6.61 Å². The van der Waals surface area contributed by atoms with Crippen molar-refractivity contribution in [3.8, 4) is 0 Å². The first-order valence-electron chi connectivity index (χ1n) is 4.70. The van der Waals surface area contributed by atoms with Gasteiger partial charge in [-0.15, -0.1) is 11.3 Å². The minimum absolute atomic E-state index is 0.244. The highest BCUT2D eigenvalue weighted by Crippen LogP contribution is 2.39. The molecule has 0 aromatic carbocycles. The van der Waals surface area contributed by atoms with Gasteiger partial charge in [-0.05, 0) is 23.3 Å². The first-order chi connectivity index (χ1) is 6.05. The van der Waals surface area contributed by atoms with Gasteiger partial charge in [-0.1, -0.05) is 26.8 Å². The highest BCUT2D eigenvalue weighted by Gasteiger charge is 2.26. The summed E-state index contributed by atoms with van der Waals surface area (Å²) in [6.45, 7) is 6.97. The monoisotopic (exact) mass is 198 g/mol. The normalized spacial score (nSPS) is 14.5. The van der Waals surface area contributed by atoms with Crippen LogP contribution < -0.4 is 0 Å². The maximum atomic E-state index is 9.00. The Kier molecular flexibility index (Phi) is 3.51. The van der Waals surface area contributed by atoms with E-state index in [9.17, 15) is 0 Å². The highest BCUT2D eigenvalue weighted by molar-refractivity contribution is 7.10. The van der Waals surface area contributed by atoms with Gasteiger partial charge in [0.2, 0.25) is 0 Å². The van der Waals surface area contributed by atoms with Crippen molar-refractivity contribution < 1.29 is 5.11 Å². The van der Waals surface area contributed by atoms with Gasteiger partial charge in [0.1, 0.15) is 0 Å². The largest absolute Gasteiger partial charge is 0.396 e. The van der Waals surface area contributed by atoms with Crippen molar-refractivity contribution in [1.82, 2.24) is 0 Å². The summed E-state index contributed by atoms with van der Waals surface area (Å²) in [6.07, 6.45) is 0.865. The lowest BCUT2D eigenvalue weighted by molar-refractivity contribution is 0.225. The molecule has 0 fully saturated rings. The average molecular weight is 198 g/mol. The third kappa shape index (κ3) is 2.82. The van der Waals surface area contributed by atoms with E-state index < -0.39 is 0 Å². The van der Waals surface area contributed by atoms with Crippen molar-refractivity contribution in [1.29, 1.82) is 0 Å². The SMILES string of the molecule is CC(C)(C)C(CCO)c1cccs1. The van der Waals surface area contributed by atoms with Gasteiger partial charge < -0.3 is 5.11 Å². The summed E-state index contributed by atoms with van der Waals surface area (Å²) in [6, 6.07) is 4.24. The third-order valence-corrected chi connectivity index (χ3v) is 3.34. The zero-order chi connectivity index (χ0) is 9.90. The smallest absolute Gasteiger partial charge is 0.0437 e. The van der Waals surface area contributed by atoms with Crippen LogP contribution in [0.2, 0.25) is 0 Å². The van der Waals surface area contributed by atoms with Crippen molar-refractivity contribution in [2.45, 2.75) is 33.1 Å². The third-order valence-electron chi connectivity index (χ3n) is 2.35. The van der Waals surface area contributed by atoms with Crippen LogP contribution in [-0.2, 0) is 0 Å². The Labute approximate surface area is 84.4 Å². The second-order valence-electron chi connectivity index (χ2n) is 4.45. The van der Waals surface area contributed by atoms with Gasteiger partial charge in [0.25, 0.3) is 0 Å². The fourth-order valence-electron chi connectivity index (χ4n) is 1.62. The van der Waals surface area contributed by atoms with E-state index in [1.807, 2.05) is 0 Å². The van der Waals surface area contributed by atoms with Crippen LogP contribution in [-0.4, -0.2) is 11.7 Å². The molecule has 0 aliphatic heterocycles. The number of hydrogen-bond donors (Lipinski definition) is 1. The van der Waals surface area contributed by atoms with Gasteiger partial charge in [-0.2, -0.15) is 0 Å². The van der Waals surface area contributed by atoms with Crippen molar-refractivity contribution >= 4 is 11.3 Å². The predicted octanol–water partition coefficient (Wildman–Crippen LogP) is 3.26. The number of thiophene rings is 1. The van der Waals surface area contributed by atoms with E-state index in [0.717, 1.165) is 6.42 Å². The molecule has 0 bridgehead atoms. The molecule has 0 aliphatic carbocycles. The number of hydrogen-bond acceptors (Lipinski definition) is 2. The van der Waals surface area contributed by atoms with E-state index >= 15 is 0 Å². The van der Waals surface area contributed by atoms with E-state index in [1.54, 1.807) is 11.3 Å². The molecule has 1 nitrogen and oxygen atoms in total. The average Bonchev–Trinajstić information content (AvgIpc) is 2.49. The van der Waals surface area contributed by atoms with E-state index in [-0.39, 0.29) is 12.0 Å². The van der Waals surface area contributed by atoms with Crippen LogP contribution >= 0.6 is 11.3 Å². The molecule has 74 valence electrons. The molecule has 1 unspecified atom stereocenters. The fourth-order valence-corrected chi connectivity index (χ4v) is 2.73. The zero-order valence-corrected chi connectivity index (χ0v) is 9.40. The Morgan fingerprint density at radius 1 is 1.46 bits per heavy atom. The molecule has 13 heavy (non-hydrogen) atoms. The van der Waals surface area contributed by atoms with Gasteiger partial charge in [0.15, 0.2) is 0 Å². The Morgan fingerprint density at radius 2 is 2.15 bits per heavy atom. The van der Waals surface area contributed by atoms with Crippen LogP contribution in [0, 0.1) is 5.41 Å². The summed E-state index contributed by atoms with van der Waals surface area (Å²) in [5.74, 6) is 0.484. The van der Waals surface area contributed by atoms with E-state index in [2.05, 4.69) is 38.3 Å². The van der Waals surface area contributed by atoms with Gasteiger partial charge in [-0.3, -0.25) is 0 Å². The lowest BCUT2D eigenvalue weighted by atomic mass is 9.78. The molecule has 0 amide bonds. The summed E-state index contributed by atoms with van der Waals surface area (Å²) < 4.78 is 0. The molecule has 0 spiro atoms. The molecular weight excluding hydrogens is 180 g/mol. The van der Waals surface area contributed by atoms with Crippen LogP contribution in [0.25, 0.3) is 0 Å². The van der Waals surface area contributed by atoms with Crippen molar-refractivity contribution in [3.63, 3.8) is 0 Å². The fraction of sp³-hybridized carbons (Fsp3) is 0.636. The summed E-state index contributed by atoms with van der Waals surface area (Å²) in [5.41, 5.74) is 0.244. The van der Waals surface area contributed by atoms with Crippen molar-refractivity contribution in [3.05, 3.63) is 22.4 Å². The van der Waals surface area contributed by atoms with Crippen LogP contribution in [0.4, 0.5) is 0 Å². The predicted molar refractivity (Wildman–Crippen MR) is 58.2 cm³/mol. The summed E-state index contributed by atoms with van der Waals surface area (Å²) >= 11 is 1.79. The van der Waals surface area contributed by atoms with Gasteiger partial charge in [-0.25, -0.2) is 0 Å². The van der Waals surface area contributed by atoms with Crippen LogP contribution in [0.5, 0.6) is 0 Å². The Morgan fingerprint density at radius 3 is 2.54 bits per heavy atom. The summed E-state index contributed by atoms with van der Waals surface area (Å²) in [5, 5.41) is 11.1. The number of aliphatic hydroxyl groups is 1. The molecule has 1 aromatic rings. The van der Waals surface area contributed by atoms with Gasteiger partial charge >= 0.3 is 0 Å².